The average molecular weight is 261 g/mol. The van der Waals surface area contributed by atoms with Gasteiger partial charge in [0.15, 0.2) is 11.5 Å². The highest BCUT2D eigenvalue weighted by Gasteiger charge is 2.10. The lowest BCUT2D eigenvalue weighted by Gasteiger charge is -2.14. The molecule has 0 bridgehead atoms. The summed E-state index contributed by atoms with van der Waals surface area (Å²) in [7, 11) is 1.88. The number of benzene rings is 1. The van der Waals surface area contributed by atoms with Gasteiger partial charge in [0.25, 0.3) is 0 Å². The summed E-state index contributed by atoms with van der Waals surface area (Å²) in [6.45, 7) is 3.41. The fourth-order valence-corrected chi connectivity index (χ4v) is 1.86. The van der Waals surface area contributed by atoms with Crippen molar-refractivity contribution in [1.82, 2.24) is 9.78 Å². The molecule has 0 aliphatic heterocycles. The van der Waals surface area contributed by atoms with Crippen molar-refractivity contribution < 1.29 is 9.47 Å². The van der Waals surface area contributed by atoms with Crippen LogP contribution in [0, 0.1) is 0 Å². The van der Waals surface area contributed by atoms with Gasteiger partial charge in [-0.05, 0) is 13.0 Å². The van der Waals surface area contributed by atoms with Crippen LogP contribution < -0.4 is 15.2 Å². The fourth-order valence-electron chi connectivity index (χ4n) is 1.86. The van der Waals surface area contributed by atoms with E-state index in [-0.39, 0.29) is 0 Å². The van der Waals surface area contributed by atoms with Crippen LogP contribution in [-0.2, 0) is 20.2 Å². The Morgan fingerprint density at radius 2 is 2.16 bits per heavy atom. The first kappa shape index (κ1) is 13.4. The molecule has 0 saturated heterocycles. The molecule has 0 spiro atoms. The molecular weight excluding hydrogens is 242 g/mol. The minimum atomic E-state index is 0.420. The first-order chi connectivity index (χ1) is 9.24. The highest BCUT2D eigenvalue weighted by Crippen LogP contribution is 2.31. The number of rotatable bonds is 6. The number of aryl methyl sites for hydroxylation is 1. The van der Waals surface area contributed by atoms with Crippen LogP contribution in [0.15, 0.2) is 30.6 Å². The number of hydrogen-bond acceptors (Lipinski definition) is 4. The van der Waals surface area contributed by atoms with Gasteiger partial charge in [0, 0.05) is 30.9 Å². The molecule has 102 valence electrons. The van der Waals surface area contributed by atoms with Gasteiger partial charge in [-0.2, -0.15) is 5.10 Å². The summed E-state index contributed by atoms with van der Waals surface area (Å²) in [5.41, 5.74) is 7.69. The number of nitrogens with zero attached hydrogens (tertiary/aromatic N) is 2. The van der Waals surface area contributed by atoms with Crippen molar-refractivity contribution in [3.63, 3.8) is 0 Å². The summed E-state index contributed by atoms with van der Waals surface area (Å²) < 4.78 is 13.2. The Hall–Kier alpha value is -2.01. The molecule has 2 N–H and O–H groups in total. The Balaban J connectivity index is 2.17. The smallest absolute Gasteiger partial charge is 0.166 e. The fraction of sp³-hybridized carbons (Fsp3) is 0.357. The predicted molar refractivity (Wildman–Crippen MR) is 73.0 cm³/mol. The zero-order chi connectivity index (χ0) is 13.7. The van der Waals surface area contributed by atoms with Crippen molar-refractivity contribution in [2.24, 2.45) is 12.8 Å². The summed E-state index contributed by atoms with van der Waals surface area (Å²) in [5, 5.41) is 4.11. The lowest BCUT2D eigenvalue weighted by molar-refractivity contribution is 0.266. The van der Waals surface area contributed by atoms with Crippen molar-refractivity contribution in [3.05, 3.63) is 41.7 Å². The number of aromatic nitrogens is 2. The van der Waals surface area contributed by atoms with Crippen molar-refractivity contribution in [2.45, 2.75) is 20.1 Å². The standard InChI is InChI=1S/C14H19N3O2/c1-3-18-13-6-4-5-12(7-15)14(13)19-10-11-8-16-17(2)9-11/h4-6,8-9H,3,7,10,15H2,1-2H3. The molecule has 2 rings (SSSR count). The molecule has 5 nitrogen and oxygen atoms in total. The highest BCUT2D eigenvalue weighted by molar-refractivity contribution is 5.46. The molecule has 2 aromatic rings. The molecule has 1 aromatic heterocycles. The number of nitrogens with two attached hydrogens (primary N) is 1. The molecule has 1 heterocycles. The van der Waals surface area contributed by atoms with Gasteiger partial charge < -0.3 is 15.2 Å². The molecular formula is C14H19N3O2. The quantitative estimate of drug-likeness (QED) is 0.862. The van der Waals surface area contributed by atoms with E-state index in [0.717, 1.165) is 22.6 Å². The monoisotopic (exact) mass is 261 g/mol. The van der Waals surface area contributed by atoms with Gasteiger partial charge in [0.1, 0.15) is 6.61 Å². The summed E-state index contributed by atoms with van der Waals surface area (Å²) in [6.07, 6.45) is 3.71. The van der Waals surface area contributed by atoms with Gasteiger partial charge in [0.2, 0.25) is 0 Å². The molecule has 0 aliphatic carbocycles. The maximum Gasteiger partial charge on any atom is 0.166 e. The molecule has 0 atom stereocenters. The molecule has 0 saturated carbocycles. The lowest BCUT2D eigenvalue weighted by Crippen LogP contribution is -2.05. The van der Waals surface area contributed by atoms with E-state index in [1.165, 1.54) is 0 Å². The SMILES string of the molecule is CCOc1cccc(CN)c1OCc1cnn(C)c1. The van der Waals surface area contributed by atoms with Crippen molar-refractivity contribution in [2.75, 3.05) is 6.61 Å². The van der Waals surface area contributed by atoms with Crippen molar-refractivity contribution in [1.29, 1.82) is 0 Å². The lowest BCUT2D eigenvalue weighted by atomic mass is 10.2. The second-order valence-electron chi connectivity index (χ2n) is 4.19. The minimum Gasteiger partial charge on any atom is -0.490 e. The second kappa shape index (κ2) is 6.24. The number of hydrogen-bond donors (Lipinski definition) is 1. The summed E-state index contributed by atoms with van der Waals surface area (Å²) >= 11 is 0. The Morgan fingerprint density at radius 1 is 1.32 bits per heavy atom. The Bertz CT molecular complexity index is 537. The van der Waals surface area contributed by atoms with Crippen LogP contribution >= 0.6 is 0 Å². The maximum atomic E-state index is 5.85. The molecule has 0 fully saturated rings. The van der Waals surface area contributed by atoms with Gasteiger partial charge in [0.05, 0.1) is 12.8 Å². The van der Waals surface area contributed by atoms with E-state index in [4.69, 9.17) is 15.2 Å². The normalized spacial score (nSPS) is 10.5. The van der Waals surface area contributed by atoms with Crippen LogP contribution in [0.2, 0.25) is 0 Å². The Kier molecular flexibility index (Phi) is 4.41. The average Bonchev–Trinajstić information content (AvgIpc) is 2.83. The van der Waals surface area contributed by atoms with E-state index in [1.807, 2.05) is 38.4 Å². The third-order valence-corrected chi connectivity index (χ3v) is 2.72. The largest absolute Gasteiger partial charge is 0.490 e. The van der Waals surface area contributed by atoms with E-state index in [9.17, 15) is 0 Å². The van der Waals surface area contributed by atoms with E-state index < -0.39 is 0 Å². The first-order valence-corrected chi connectivity index (χ1v) is 6.29. The van der Waals surface area contributed by atoms with Gasteiger partial charge in [-0.1, -0.05) is 12.1 Å². The number of para-hydroxylation sites is 1. The van der Waals surface area contributed by atoms with Crippen LogP contribution in [0.25, 0.3) is 0 Å². The topological polar surface area (TPSA) is 62.3 Å². The summed E-state index contributed by atoms with van der Waals surface area (Å²) in [6, 6.07) is 5.76. The minimum absolute atomic E-state index is 0.420. The van der Waals surface area contributed by atoms with Crippen LogP contribution in [0.1, 0.15) is 18.1 Å². The van der Waals surface area contributed by atoms with Crippen LogP contribution in [0.4, 0.5) is 0 Å². The van der Waals surface area contributed by atoms with Crippen LogP contribution in [0.3, 0.4) is 0 Å². The predicted octanol–water partition coefficient (Wildman–Crippen LogP) is 1.86. The molecule has 1 aromatic carbocycles. The second-order valence-corrected chi connectivity index (χ2v) is 4.19. The zero-order valence-electron chi connectivity index (χ0n) is 11.3. The number of ether oxygens (including phenoxy) is 2. The van der Waals surface area contributed by atoms with Crippen molar-refractivity contribution >= 4 is 0 Å². The van der Waals surface area contributed by atoms with Gasteiger partial charge in [-0.25, -0.2) is 0 Å². The molecule has 0 aliphatic rings. The van der Waals surface area contributed by atoms with Gasteiger partial charge in [-0.3, -0.25) is 4.68 Å². The molecule has 19 heavy (non-hydrogen) atoms. The van der Waals surface area contributed by atoms with Gasteiger partial charge in [-0.15, -0.1) is 0 Å². The van der Waals surface area contributed by atoms with E-state index >= 15 is 0 Å². The van der Waals surface area contributed by atoms with Gasteiger partial charge >= 0.3 is 0 Å². The third-order valence-electron chi connectivity index (χ3n) is 2.72. The third kappa shape index (κ3) is 3.26. The molecule has 0 radical (unpaired) electrons. The molecule has 0 unspecified atom stereocenters. The Morgan fingerprint density at radius 3 is 2.79 bits per heavy atom. The molecule has 5 heteroatoms. The van der Waals surface area contributed by atoms with E-state index in [0.29, 0.717) is 19.8 Å². The molecule has 0 amide bonds. The van der Waals surface area contributed by atoms with Crippen LogP contribution in [-0.4, -0.2) is 16.4 Å². The maximum absolute atomic E-state index is 5.85. The summed E-state index contributed by atoms with van der Waals surface area (Å²) in [4.78, 5) is 0. The first-order valence-electron chi connectivity index (χ1n) is 6.29. The highest BCUT2D eigenvalue weighted by atomic mass is 16.5. The Labute approximate surface area is 112 Å². The van der Waals surface area contributed by atoms with E-state index in [2.05, 4.69) is 5.10 Å². The summed E-state index contributed by atoms with van der Waals surface area (Å²) in [5.74, 6) is 1.45. The van der Waals surface area contributed by atoms with E-state index in [1.54, 1.807) is 10.9 Å². The van der Waals surface area contributed by atoms with Crippen molar-refractivity contribution in [3.8, 4) is 11.5 Å². The zero-order valence-corrected chi connectivity index (χ0v) is 11.3. The van der Waals surface area contributed by atoms with Crippen LogP contribution in [0.5, 0.6) is 11.5 Å².